The van der Waals surface area contributed by atoms with Crippen LogP contribution >= 0.6 is 0 Å². The summed E-state index contributed by atoms with van der Waals surface area (Å²) in [6.07, 6.45) is 7.39. The van der Waals surface area contributed by atoms with Gasteiger partial charge in [-0.3, -0.25) is 0 Å². The second-order valence-electron chi connectivity index (χ2n) is 4.89. The van der Waals surface area contributed by atoms with Crippen LogP contribution < -0.4 is 17.0 Å². The second-order valence-corrected chi connectivity index (χ2v) is 4.89. The van der Waals surface area contributed by atoms with Crippen molar-refractivity contribution < 1.29 is 21.5 Å². The minimum atomic E-state index is 0. The summed E-state index contributed by atoms with van der Waals surface area (Å²) in [6, 6.07) is 1.91. The molecule has 2 saturated heterocycles. The first-order chi connectivity index (χ1) is 5.76. The topological polar surface area (TPSA) is 0 Å². The summed E-state index contributed by atoms with van der Waals surface area (Å²) in [6.45, 7) is 7.90. The van der Waals surface area contributed by atoms with Crippen molar-refractivity contribution in [3.8, 4) is 0 Å². The van der Waals surface area contributed by atoms with E-state index in [2.05, 4.69) is 13.8 Å². The van der Waals surface area contributed by atoms with Crippen molar-refractivity contribution in [2.75, 3.05) is 13.1 Å². The third-order valence-corrected chi connectivity index (χ3v) is 4.40. The van der Waals surface area contributed by atoms with E-state index in [0.29, 0.717) is 0 Å². The summed E-state index contributed by atoms with van der Waals surface area (Å²) in [7, 11) is 0. The number of hydrogen-bond donors (Lipinski definition) is 0. The highest BCUT2D eigenvalue weighted by Gasteiger charge is 2.43. The molecule has 0 aromatic rings. The molecule has 2 heteroatoms. The Hall–Kier alpha value is 0.440. The average Bonchev–Trinajstić information content (AvgIpc) is 2.50. The van der Waals surface area contributed by atoms with Crippen LogP contribution in [0.1, 0.15) is 46.0 Å². The Balaban J connectivity index is 0.000000845. The molecule has 1 spiro atoms. The molecule has 2 atom stereocenters. The Kier molecular flexibility index (Phi) is 3.82. The van der Waals surface area contributed by atoms with Crippen LogP contribution in [0, 0.1) is 0 Å². The highest BCUT2D eigenvalue weighted by Crippen LogP contribution is 2.35. The summed E-state index contributed by atoms with van der Waals surface area (Å²) in [5, 5.41) is 0. The van der Waals surface area contributed by atoms with Crippen molar-refractivity contribution in [1.29, 1.82) is 0 Å². The number of hydrogen-bond acceptors (Lipinski definition) is 0. The summed E-state index contributed by atoms with van der Waals surface area (Å²) >= 11 is 0. The highest BCUT2D eigenvalue weighted by atomic mass is 79.9. The van der Waals surface area contributed by atoms with Gasteiger partial charge in [0.2, 0.25) is 0 Å². The van der Waals surface area contributed by atoms with Crippen LogP contribution in [-0.4, -0.2) is 29.7 Å². The molecule has 0 aromatic heterocycles. The third kappa shape index (κ3) is 1.80. The number of quaternary nitrogens is 1. The molecule has 2 aliphatic rings. The van der Waals surface area contributed by atoms with Crippen molar-refractivity contribution in [3.63, 3.8) is 0 Å². The van der Waals surface area contributed by atoms with Gasteiger partial charge in [0.1, 0.15) is 0 Å². The first kappa shape index (κ1) is 11.5. The Morgan fingerprint density at radius 3 is 1.77 bits per heavy atom. The van der Waals surface area contributed by atoms with Crippen LogP contribution in [0.5, 0.6) is 0 Å². The maximum absolute atomic E-state index is 2.47. The van der Waals surface area contributed by atoms with E-state index >= 15 is 0 Å². The van der Waals surface area contributed by atoms with Crippen molar-refractivity contribution >= 4 is 0 Å². The van der Waals surface area contributed by atoms with Gasteiger partial charge in [0.05, 0.1) is 25.2 Å². The number of halogens is 1. The monoisotopic (exact) mass is 247 g/mol. The van der Waals surface area contributed by atoms with Crippen molar-refractivity contribution in [1.82, 2.24) is 0 Å². The molecule has 2 fully saturated rings. The van der Waals surface area contributed by atoms with Gasteiger partial charge < -0.3 is 21.5 Å². The van der Waals surface area contributed by atoms with Crippen LogP contribution in [0.15, 0.2) is 0 Å². The van der Waals surface area contributed by atoms with Gasteiger partial charge in [-0.05, 0) is 33.1 Å². The van der Waals surface area contributed by atoms with Crippen LogP contribution in [0.2, 0.25) is 0 Å². The molecule has 0 aliphatic carbocycles. The number of piperidine rings is 1. The van der Waals surface area contributed by atoms with Gasteiger partial charge in [0.15, 0.2) is 0 Å². The highest BCUT2D eigenvalue weighted by molar-refractivity contribution is 4.71. The van der Waals surface area contributed by atoms with Crippen LogP contribution in [0.25, 0.3) is 0 Å². The standard InChI is InChI=1S/C11H22N.BrH/c1-10-6-5-7-11(2)12(10)8-3-4-9-12;/h10-11H,3-9H2,1-2H3;1H/q+1;/p-1/t10-,11+;. The van der Waals surface area contributed by atoms with E-state index in [9.17, 15) is 0 Å². The molecular formula is C11H22BrN. The Morgan fingerprint density at radius 2 is 1.31 bits per heavy atom. The molecule has 2 heterocycles. The van der Waals surface area contributed by atoms with Gasteiger partial charge in [0, 0.05) is 12.8 Å². The van der Waals surface area contributed by atoms with Crippen LogP contribution in [0.3, 0.4) is 0 Å². The molecular weight excluding hydrogens is 226 g/mol. The molecule has 2 rings (SSSR count). The molecule has 13 heavy (non-hydrogen) atoms. The lowest BCUT2D eigenvalue weighted by Crippen LogP contribution is -3.00. The molecule has 2 aliphatic heterocycles. The Labute approximate surface area is 92.9 Å². The molecule has 0 radical (unpaired) electrons. The fraction of sp³-hybridized carbons (Fsp3) is 1.00. The van der Waals surface area contributed by atoms with E-state index in [1.807, 2.05) is 0 Å². The molecule has 0 unspecified atom stereocenters. The van der Waals surface area contributed by atoms with E-state index in [0.717, 1.165) is 12.1 Å². The molecule has 0 N–H and O–H groups in total. The fourth-order valence-corrected chi connectivity index (χ4v) is 3.46. The smallest absolute Gasteiger partial charge is 0.0863 e. The summed E-state index contributed by atoms with van der Waals surface area (Å²) < 4.78 is 1.47. The Bertz CT molecular complexity index is 151. The van der Waals surface area contributed by atoms with Gasteiger partial charge in [0.25, 0.3) is 0 Å². The van der Waals surface area contributed by atoms with Crippen molar-refractivity contribution in [2.45, 2.75) is 58.0 Å². The van der Waals surface area contributed by atoms with E-state index in [1.54, 1.807) is 0 Å². The van der Waals surface area contributed by atoms with E-state index < -0.39 is 0 Å². The van der Waals surface area contributed by atoms with Crippen molar-refractivity contribution in [3.05, 3.63) is 0 Å². The van der Waals surface area contributed by atoms with Gasteiger partial charge in [-0.2, -0.15) is 0 Å². The molecule has 78 valence electrons. The maximum atomic E-state index is 2.47. The lowest BCUT2D eigenvalue weighted by molar-refractivity contribution is -0.964. The minimum Gasteiger partial charge on any atom is -1.00 e. The van der Waals surface area contributed by atoms with Gasteiger partial charge in [-0.25, -0.2) is 0 Å². The normalized spacial score (nSPS) is 37.4. The zero-order chi connectivity index (χ0) is 8.60. The second kappa shape index (κ2) is 4.31. The van der Waals surface area contributed by atoms with Gasteiger partial charge >= 0.3 is 0 Å². The summed E-state index contributed by atoms with van der Waals surface area (Å²) in [5.74, 6) is 0. The lowest BCUT2D eigenvalue weighted by Gasteiger charge is -2.48. The third-order valence-electron chi connectivity index (χ3n) is 4.40. The fourth-order valence-electron chi connectivity index (χ4n) is 3.46. The zero-order valence-corrected chi connectivity index (χ0v) is 10.5. The van der Waals surface area contributed by atoms with Crippen LogP contribution in [-0.2, 0) is 0 Å². The molecule has 1 nitrogen and oxygen atoms in total. The van der Waals surface area contributed by atoms with Gasteiger partial charge in [-0.1, -0.05) is 0 Å². The number of nitrogens with zero attached hydrogens (tertiary/aromatic N) is 1. The minimum absolute atomic E-state index is 0. The largest absolute Gasteiger partial charge is 1.00 e. The zero-order valence-electron chi connectivity index (χ0n) is 8.93. The van der Waals surface area contributed by atoms with E-state index in [1.165, 1.54) is 49.7 Å². The SMILES string of the molecule is C[C@@H]1CCC[C@H](C)[N+]12CCCC2.[Br-]. The predicted molar refractivity (Wildman–Crippen MR) is 52.0 cm³/mol. The lowest BCUT2D eigenvalue weighted by atomic mass is 9.94. The van der Waals surface area contributed by atoms with Crippen LogP contribution in [0.4, 0.5) is 0 Å². The van der Waals surface area contributed by atoms with Gasteiger partial charge in [-0.15, -0.1) is 0 Å². The summed E-state index contributed by atoms with van der Waals surface area (Å²) in [5.41, 5.74) is 0. The molecule has 0 bridgehead atoms. The molecule has 0 saturated carbocycles. The van der Waals surface area contributed by atoms with E-state index in [4.69, 9.17) is 0 Å². The molecule has 0 aromatic carbocycles. The quantitative estimate of drug-likeness (QED) is 0.510. The number of rotatable bonds is 0. The average molecular weight is 248 g/mol. The first-order valence-corrected chi connectivity index (χ1v) is 5.62. The maximum Gasteiger partial charge on any atom is 0.0863 e. The summed E-state index contributed by atoms with van der Waals surface area (Å²) in [4.78, 5) is 0. The van der Waals surface area contributed by atoms with E-state index in [-0.39, 0.29) is 17.0 Å². The van der Waals surface area contributed by atoms with Crippen molar-refractivity contribution in [2.24, 2.45) is 0 Å². The molecule has 0 amide bonds. The predicted octanol–water partition coefficient (Wildman–Crippen LogP) is -0.438. The Morgan fingerprint density at radius 1 is 0.846 bits per heavy atom. The first-order valence-electron chi connectivity index (χ1n) is 5.62.